The average Bonchev–Trinajstić information content (AvgIpc) is 1.57. The topological polar surface area (TPSA) is 329 Å². The van der Waals surface area contributed by atoms with Gasteiger partial charge >= 0.3 is 23.9 Å². The summed E-state index contributed by atoms with van der Waals surface area (Å²) >= 11 is 0. The maximum atomic E-state index is 13.8. The van der Waals surface area contributed by atoms with Gasteiger partial charge < -0.3 is 40.9 Å². The van der Waals surface area contributed by atoms with Crippen LogP contribution in [-0.2, 0) is 62.7 Å². The number of aliphatic carboxylic acids is 3. The monoisotopic (exact) mass is 1540 g/mol. The Morgan fingerprint density at radius 3 is 1.16 bits per heavy atom. The number of hydrogen-bond acceptors (Lipinski definition) is 17. The van der Waals surface area contributed by atoms with Crippen molar-refractivity contribution in [1.82, 2.24) is 29.7 Å². The number of nitrogens with one attached hydrogen (secondary N) is 2. The van der Waals surface area contributed by atoms with Crippen molar-refractivity contribution in [3.63, 3.8) is 0 Å². The SMILES string of the molecule is CCOC(=O)[C@@H](CO)CCc1cnc(C(=O)Nc2cccc(-c3cccc(CC(=O)c4cc(C5CC5)c(CN5CCCC[C@H]5C(=O)O)cn4)c3C)c2C)cc1C1CC1.Cc1c(CC(=O)c2cc(C3CC3)c(CN3CCCC[C@H]3C(=O)O)cn2)cccc1-c1cccc(NC(=O)c2cc(C3CC3)c(CC[C@H](CO)C(=O)O)cn2)c1C. The lowest BCUT2D eigenvalue weighted by molar-refractivity contribution is -0.150. The molecule has 114 heavy (non-hydrogen) atoms. The Labute approximate surface area is 665 Å². The van der Waals surface area contributed by atoms with E-state index in [9.17, 15) is 63.9 Å². The normalized spacial score (nSPS) is 17.5. The molecule has 4 aliphatic carbocycles. The molecule has 2 amide bonds. The molecular weight excluding hydrogens is 1440 g/mol. The number of amides is 2. The van der Waals surface area contributed by atoms with Crippen molar-refractivity contribution >= 4 is 58.6 Å². The number of hydrogen-bond donors (Lipinski definition) is 7. The van der Waals surface area contributed by atoms with E-state index in [-0.39, 0.29) is 55.1 Å². The average molecular weight is 1550 g/mol. The Balaban J connectivity index is 0.000000199. The predicted molar refractivity (Wildman–Crippen MR) is 433 cm³/mol. The number of carboxylic acid groups (broad SMARTS) is 3. The fraction of sp³-hybridized carbons (Fsp3) is 0.435. The van der Waals surface area contributed by atoms with Gasteiger partial charge in [0.05, 0.1) is 31.7 Å². The van der Waals surface area contributed by atoms with Gasteiger partial charge in [0.1, 0.15) is 34.9 Å². The Morgan fingerprint density at radius 1 is 0.439 bits per heavy atom. The van der Waals surface area contributed by atoms with Gasteiger partial charge in [-0.15, -0.1) is 0 Å². The molecule has 7 N–H and O–H groups in total. The number of aromatic nitrogens is 4. The lowest BCUT2D eigenvalue weighted by atomic mass is 9.90. The molecule has 2 aliphatic heterocycles. The Kier molecular flexibility index (Phi) is 26.3. The van der Waals surface area contributed by atoms with Gasteiger partial charge in [0.25, 0.3) is 11.8 Å². The van der Waals surface area contributed by atoms with Crippen molar-refractivity contribution in [2.45, 2.75) is 212 Å². The molecule has 8 aromatic rings. The molecule has 0 spiro atoms. The summed E-state index contributed by atoms with van der Waals surface area (Å²) in [7, 11) is 0. The molecule has 6 heterocycles. The minimum Gasteiger partial charge on any atom is -0.481 e. The molecule has 22 heteroatoms. The van der Waals surface area contributed by atoms with Gasteiger partial charge in [-0.05, 0) is 311 Å². The lowest BCUT2D eigenvalue weighted by Crippen LogP contribution is -2.44. The number of esters is 1. The smallest absolute Gasteiger partial charge is 0.320 e. The van der Waals surface area contributed by atoms with Crippen LogP contribution in [-0.4, -0.2) is 148 Å². The van der Waals surface area contributed by atoms with Crippen LogP contribution in [0.4, 0.5) is 11.4 Å². The number of nitrogens with zero attached hydrogens (tertiary/aromatic N) is 6. The first-order valence-corrected chi connectivity index (χ1v) is 40.6. The summed E-state index contributed by atoms with van der Waals surface area (Å²) < 4.78 is 5.11. The Bertz CT molecular complexity index is 4960. The summed E-state index contributed by atoms with van der Waals surface area (Å²) in [6.45, 7) is 11.8. The van der Waals surface area contributed by atoms with Crippen LogP contribution < -0.4 is 10.6 Å². The van der Waals surface area contributed by atoms with Crippen LogP contribution in [0.3, 0.4) is 0 Å². The van der Waals surface area contributed by atoms with Gasteiger partial charge in [0.2, 0.25) is 0 Å². The number of carboxylic acids is 3. The molecule has 4 atom stereocenters. The van der Waals surface area contributed by atoms with E-state index in [0.717, 1.165) is 190 Å². The highest BCUT2D eigenvalue weighted by atomic mass is 16.5. The van der Waals surface area contributed by atoms with Crippen LogP contribution in [0, 0.1) is 39.5 Å². The number of carbonyl (C=O) groups is 8. The van der Waals surface area contributed by atoms with Crippen LogP contribution >= 0.6 is 0 Å². The molecule has 14 rings (SSSR count). The number of Topliss-reactive ketones (excluding diaryl/α,β-unsaturated/α-hetero) is 2. The summed E-state index contributed by atoms with van der Waals surface area (Å²) in [6, 6.07) is 30.1. The molecule has 6 aliphatic rings. The molecule has 4 saturated carbocycles. The molecule has 22 nitrogen and oxygen atoms in total. The van der Waals surface area contributed by atoms with E-state index in [1.165, 1.54) is 0 Å². The first kappa shape index (κ1) is 81.5. The number of anilines is 2. The standard InChI is InChI=1S/C47H54N4O7.C45H50N4O7/c1-4-58-47(57)34(27-52)19-18-33-24-49-42(23-38(33)30-14-15-30)45(54)50-40-12-8-11-37(29(40)3)36-10-7-9-32(28(36)2)21-44(53)41-22-39(31-16-17-31)35(25-48-41)26-51-20-6-5-13-43(51)46(55)56;1-26-30(19-42(51)39-20-37(29-14-15-29)33(23-46-39)24-49-18-4-3-11-41(49)45(55)56)7-5-8-34(26)35-9-6-10-38(27(35)2)48-43(52)40-21-36(28-12-13-28)31(22-47-40)16-17-32(25-50)44(53)54/h7-12,22-25,30-31,34,43,52H,4-6,13-21,26-27H2,1-3H3,(H,50,54)(H,55,56);5-10,20-23,28-29,32,41,50H,3-4,11-19,24-25H2,1-2H3,(H,48,52)(H,53,54)(H,55,56)/t34-,43+;32-,41+/m11/s1. The maximum Gasteiger partial charge on any atom is 0.320 e. The summed E-state index contributed by atoms with van der Waals surface area (Å²) in [5.41, 5.74) is 20.3. The first-order valence-electron chi connectivity index (χ1n) is 40.6. The van der Waals surface area contributed by atoms with Crippen molar-refractivity contribution in [3.8, 4) is 22.3 Å². The van der Waals surface area contributed by atoms with E-state index in [1.807, 2.05) is 135 Å². The number of piperidine rings is 2. The molecule has 2 saturated heterocycles. The number of pyridine rings is 4. The van der Waals surface area contributed by atoms with Crippen LogP contribution in [0.25, 0.3) is 22.3 Å². The third kappa shape index (κ3) is 19.6. The first-order chi connectivity index (χ1) is 55.1. The zero-order valence-electron chi connectivity index (χ0n) is 65.9. The van der Waals surface area contributed by atoms with Crippen LogP contribution in [0.2, 0.25) is 0 Å². The number of benzene rings is 4. The van der Waals surface area contributed by atoms with E-state index >= 15 is 0 Å². The van der Waals surface area contributed by atoms with E-state index in [1.54, 1.807) is 31.7 Å². The second-order valence-corrected chi connectivity index (χ2v) is 32.0. The number of likely N-dealkylation sites (tertiary alicyclic amines) is 2. The summed E-state index contributed by atoms with van der Waals surface area (Å²) in [5, 5.41) is 54.3. The van der Waals surface area contributed by atoms with Crippen molar-refractivity contribution in [1.29, 1.82) is 0 Å². The van der Waals surface area contributed by atoms with E-state index in [2.05, 4.69) is 30.6 Å². The van der Waals surface area contributed by atoms with Gasteiger partial charge in [0.15, 0.2) is 11.6 Å². The van der Waals surface area contributed by atoms with Gasteiger partial charge in [-0.2, -0.15) is 0 Å². The zero-order valence-corrected chi connectivity index (χ0v) is 65.9. The number of aryl methyl sites for hydroxylation is 2. The summed E-state index contributed by atoms with van der Waals surface area (Å²) in [6.07, 6.45) is 22.5. The van der Waals surface area contributed by atoms with Gasteiger partial charge in [-0.1, -0.05) is 73.5 Å². The van der Waals surface area contributed by atoms with Crippen LogP contribution in [0.1, 0.15) is 253 Å². The van der Waals surface area contributed by atoms with E-state index in [4.69, 9.17) is 4.74 Å². The molecule has 0 radical (unpaired) electrons. The molecule has 0 unspecified atom stereocenters. The quantitative estimate of drug-likeness (QED) is 0.0148. The lowest BCUT2D eigenvalue weighted by Gasteiger charge is -2.33. The number of rotatable bonds is 33. The number of aliphatic hydroxyl groups is 2. The number of ether oxygens (including phenoxy) is 1. The van der Waals surface area contributed by atoms with Crippen molar-refractivity contribution in [2.75, 3.05) is 43.5 Å². The minimum atomic E-state index is -1.03. The van der Waals surface area contributed by atoms with Crippen LogP contribution in [0.15, 0.2) is 122 Å². The molecule has 596 valence electrons. The van der Waals surface area contributed by atoms with Gasteiger partial charge in [0, 0.05) is 62.1 Å². The molecule has 4 aromatic carbocycles. The third-order valence-electron chi connectivity index (χ3n) is 24.0. The Morgan fingerprint density at radius 2 is 0.789 bits per heavy atom. The molecule has 4 aromatic heterocycles. The van der Waals surface area contributed by atoms with Gasteiger partial charge in [-0.25, -0.2) is 0 Å². The highest BCUT2D eigenvalue weighted by Crippen LogP contribution is 2.47. The second-order valence-electron chi connectivity index (χ2n) is 32.0. The summed E-state index contributed by atoms with van der Waals surface area (Å²) in [5.74, 6) is -3.80. The number of ketones is 2. The van der Waals surface area contributed by atoms with Crippen molar-refractivity contribution in [2.24, 2.45) is 11.8 Å². The van der Waals surface area contributed by atoms with E-state index in [0.29, 0.717) is 104 Å². The highest BCUT2D eigenvalue weighted by Gasteiger charge is 2.37. The summed E-state index contributed by atoms with van der Waals surface area (Å²) in [4.78, 5) is 125. The number of carbonyl (C=O) groups excluding carboxylic acids is 5. The molecular formula is C92H104N8O14. The number of aliphatic hydroxyl groups excluding tert-OH is 2. The predicted octanol–water partition coefficient (Wildman–Crippen LogP) is 15.0. The zero-order chi connectivity index (χ0) is 80.4. The van der Waals surface area contributed by atoms with Crippen molar-refractivity contribution in [3.05, 3.63) is 223 Å². The van der Waals surface area contributed by atoms with Crippen LogP contribution in [0.5, 0.6) is 0 Å². The van der Waals surface area contributed by atoms with E-state index < -0.39 is 54.4 Å². The maximum absolute atomic E-state index is 13.8. The third-order valence-corrected chi connectivity index (χ3v) is 24.0. The Hall–Kier alpha value is -10.5. The minimum absolute atomic E-state index is 0.0656. The second kappa shape index (κ2) is 36.7. The van der Waals surface area contributed by atoms with Crippen molar-refractivity contribution < 1.29 is 68.6 Å². The fourth-order valence-corrected chi connectivity index (χ4v) is 16.5. The highest BCUT2D eigenvalue weighted by molar-refractivity contribution is 6.05. The molecule has 6 fully saturated rings. The van der Waals surface area contributed by atoms with Gasteiger partial charge in [-0.3, -0.25) is 68.1 Å². The fourth-order valence-electron chi connectivity index (χ4n) is 16.5. The molecule has 0 bridgehead atoms. The largest absolute Gasteiger partial charge is 0.481 e.